The molecule has 2 heterocycles. The van der Waals surface area contributed by atoms with Gasteiger partial charge in [-0.2, -0.15) is 0 Å². The minimum atomic E-state index is -0.540. The second-order valence-corrected chi connectivity index (χ2v) is 5.85. The summed E-state index contributed by atoms with van der Waals surface area (Å²) in [5.41, 5.74) is -0.355. The molecule has 22 heavy (non-hydrogen) atoms. The molecule has 0 radical (unpaired) electrons. The van der Waals surface area contributed by atoms with Crippen molar-refractivity contribution in [2.45, 2.75) is 12.6 Å². The number of esters is 1. The van der Waals surface area contributed by atoms with Crippen LogP contribution in [-0.4, -0.2) is 42.1 Å². The van der Waals surface area contributed by atoms with Crippen LogP contribution in [0, 0.1) is 0 Å². The maximum atomic E-state index is 12.4. The minimum absolute atomic E-state index is 0.0127. The normalized spacial score (nSPS) is 14.6. The molecule has 1 fully saturated rings. The first-order chi connectivity index (χ1) is 10.6. The second-order valence-electron chi connectivity index (χ2n) is 4.93. The number of carbonyl (C=O) groups is 1. The fraction of sp³-hybridized carbons (Fsp3) is 0.357. The van der Waals surface area contributed by atoms with Crippen LogP contribution in [0.25, 0.3) is 10.8 Å². The fourth-order valence-corrected chi connectivity index (χ4v) is 2.47. The molecular weight excluding hydrogens is 354 g/mol. The molecule has 0 amide bonds. The summed E-state index contributed by atoms with van der Waals surface area (Å²) in [6.45, 7) is 1.21. The molecule has 0 spiro atoms. The Hall–Kier alpha value is -1.93. The molecule has 1 aromatic carbocycles. The molecular formula is C14H14BrN3O4. The highest BCUT2D eigenvalue weighted by Crippen LogP contribution is 2.25. The number of hydrogen-bond donors (Lipinski definition) is 1. The van der Waals surface area contributed by atoms with Crippen LogP contribution in [0.5, 0.6) is 5.88 Å². The molecule has 3 rings (SSSR count). The third-order valence-electron chi connectivity index (χ3n) is 3.42. The van der Waals surface area contributed by atoms with Gasteiger partial charge in [0.2, 0.25) is 5.88 Å². The Morgan fingerprint density at radius 2 is 2.23 bits per heavy atom. The minimum Gasteiger partial charge on any atom is -0.470 e. The lowest BCUT2D eigenvalue weighted by Crippen LogP contribution is -2.50. The Bertz CT molecular complexity index is 785. The maximum Gasteiger partial charge on any atom is 0.327 e. The number of halogens is 1. The highest BCUT2D eigenvalue weighted by Gasteiger charge is 2.22. The number of aromatic nitrogens is 2. The Balaban J connectivity index is 2.12. The number of fused-ring (bicyclic) bond motifs is 1. The van der Waals surface area contributed by atoms with E-state index in [4.69, 9.17) is 4.74 Å². The lowest BCUT2D eigenvalue weighted by atomic mass is 10.2. The monoisotopic (exact) mass is 367 g/mol. The molecule has 0 unspecified atom stereocenters. The molecule has 2 aromatic rings. The molecule has 7 nitrogen and oxygen atoms in total. The van der Waals surface area contributed by atoms with E-state index in [1.807, 2.05) is 0 Å². The van der Waals surface area contributed by atoms with E-state index in [9.17, 15) is 9.59 Å². The zero-order chi connectivity index (χ0) is 15.7. The first-order valence-corrected chi connectivity index (χ1v) is 7.52. The van der Waals surface area contributed by atoms with Gasteiger partial charge in [0.1, 0.15) is 12.6 Å². The van der Waals surface area contributed by atoms with E-state index in [2.05, 4.69) is 31.1 Å². The largest absolute Gasteiger partial charge is 0.470 e. The van der Waals surface area contributed by atoms with Gasteiger partial charge >= 0.3 is 5.97 Å². The van der Waals surface area contributed by atoms with Gasteiger partial charge in [-0.15, -0.1) is 5.10 Å². The number of nitrogens with zero attached hydrogens (tertiary/aromatic N) is 2. The third-order valence-corrected chi connectivity index (χ3v) is 3.91. The van der Waals surface area contributed by atoms with E-state index in [0.717, 1.165) is 22.2 Å². The van der Waals surface area contributed by atoms with E-state index in [1.54, 1.807) is 18.2 Å². The number of methoxy groups -OCH3 is 1. The molecule has 0 bridgehead atoms. The van der Waals surface area contributed by atoms with Gasteiger partial charge in [-0.3, -0.25) is 9.59 Å². The molecule has 1 N–H and O–H groups in total. The first kappa shape index (κ1) is 15.0. The predicted molar refractivity (Wildman–Crippen MR) is 83.0 cm³/mol. The highest BCUT2D eigenvalue weighted by molar-refractivity contribution is 9.10. The Kier molecular flexibility index (Phi) is 4.12. The van der Waals surface area contributed by atoms with Crippen molar-refractivity contribution in [3.8, 4) is 5.88 Å². The Morgan fingerprint density at radius 1 is 1.45 bits per heavy atom. The van der Waals surface area contributed by atoms with Crippen LogP contribution in [0.1, 0.15) is 0 Å². The summed E-state index contributed by atoms with van der Waals surface area (Å²) in [5, 5.41) is 8.35. The van der Waals surface area contributed by atoms with Gasteiger partial charge in [-0.25, -0.2) is 4.68 Å². The molecule has 0 aliphatic carbocycles. The van der Waals surface area contributed by atoms with Gasteiger partial charge in [0.15, 0.2) is 0 Å². The van der Waals surface area contributed by atoms with Crippen LogP contribution >= 0.6 is 15.9 Å². The van der Waals surface area contributed by atoms with Gasteiger partial charge < -0.3 is 14.8 Å². The van der Waals surface area contributed by atoms with E-state index >= 15 is 0 Å². The lowest BCUT2D eigenvalue weighted by molar-refractivity contribution is -0.141. The Morgan fingerprint density at radius 3 is 2.86 bits per heavy atom. The van der Waals surface area contributed by atoms with Crippen molar-refractivity contribution in [2.24, 2.45) is 0 Å². The van der Waals surface area contributed by atoms with Crippen LogP contribution in [-0.2, 0) is 16.1 Å². The van der Waals surface area contributed by atoms with E-state index in [-0.39, 0.29) is 18.2 Å². The molecule has 0 saturated carbocycles. The van der Waals surface area contributed by atoms with Crippen LogP contribution in [0.4, 0.5) is 0 Å². The molecule has 1 saturated heterocycles. The van der Waals surface area contributed by atoms with Gasteiger partial charge in [-0.1, -0.05) is 15.9 Å². The smallest absolute Gasteiger partial charge is 0.327 e. The number of nitrogens with one attached hydrogen (secondary N) is 1. The number of benzene rings is 1. The molecule has 1 aliphatic rings. The molecule has 0 atom stereocenters. The summed E-state index contributed by atoms with van der Waals surface area (Å²) in [7, 11) is 1.27. The van der Waals surface area contributed by atoms with Crippen molar-refractivity contribution in [3.05, 3.63) is 33.0 Å². The number of rotatable bonds is 4. The van der Waals surface area contributed by atoms with Crippen molar-refractivity contribution in [3.63, 3.8) is 0 Å². The fourth-order valence-electron chi connectivity index (χ4n) is 2.11. The Labute approximate surface area is 134 Å². The van der Waals surface area contributed by atoms with Gasteiger partial charge in [0, 0.05) is 17.6 Å². The van der Waals surface area contributed by atoms with E-state index < -0.39 is 5.97 Å². The zero-order valence-corrected chi connectivity index (χ0v) is 13.4. The summed E-state index contributed by atoms with van der Waals surface area (Å²) in [5.74, 6) is -0.200. The standard InChI is InChI=1S/C14H14BrN3O4/c1-21-12(19)7-18-14(20)10-3-2-8(15)4-11(10)13(17-18)22-9-5-16-6-9/h2-4,9,16H,5-7H2,1H3. The van der Waals surface area contributed by atoms with Crippen LogP contribution < -0.4 is 15.6 Å². The first-order valence-electron chi connectivity index (χ1n) is 6.73. The van der Waals surface area contributed by atoms with Crippen LogP contribution in [0.3, 0.4) is 0 Å². The summed E-state index contributed by atoms with van der Waals surface area (Å²) in [4.78, 5) is 23.9. The molecule has 1 aliphatic heterocycles. The number of hydrogen-bond acceptors (Lipinski definition) is 6. The van der Waals surface area contributed by atoms with Crippen molar-refractivity contribution in [1.29, 1.82) is 0 Å². The summed E-state index contributed by atoms with van der Waals surface area (Å²) in [6, 6.07) is 5.23. The summed E-state index contributed by atoms with van der Waals surface area (Å²) >= 11 is 3.38. The molecule has 1 aromatic heterocycles. The number of carbonyl (C=O) groups excluding carboxylic acids is 1. The van der Waals surface area contributed by atoms with Gasteiger partial charge in [0.25, 0.3) is 5.56 Å². The van der Waals surface area contributed by atoms with E-state index in [0.29, 0.717) is 16.7 Å². The summed E-state index contributed by atoms with van der Waals surface area (Å²) in [6.07, 6.45) is 0.0127. The maximum absolute atomic E-state index is 12.4. The highest BCUT2D eigenvalue weighted by atomic mass is 79.9. The number of ether oxygens (including phenoxy) is 2. The van der Waals surface area contributed by atoms with Gasteiger partial charge in [0.05, 0.1) is 17.9 Å². The van der Waals surface area contributed by atoms with Crippen LogP contribution in [0.2, 0.25) is 0 Å². The van der Waals surface area contributed by atoms with E-state index in [1.165, 1.54) is 7.11 Å². The van der Waals surface area contributed by atoms with Crippen molar-refractivity contribution in [1.82, 2.24) is 15.1 Å². The van der Waals surface area contributed by atoms with Crippen molar-refractivity contribution >= 4 is 32.7 Å². The predicted octanol–water partition coefficient (Wildman–Crippen LogP) is 0.683. The van der Waals surface area contributed by atoms with Crippen LogP contribution in [0.15, 0.2) is 27.5 Å². The molecule has 8 heteroatoms. The quantitative estimate of drug-likeness (QED) is 0.800. The van der Waals surface area contributed by atoms with Crippen molar-refractivity contribution < 1.29 is 14.3 Å². The zero-order valence-electron chi connectivity index (χ0n) is 11.8. The molecule has 116 valence electrons. The second kappa shape index (κ2) is 6.05. The average molecular weight is 368 g/mol. The average Bonchev–Trinajstić information content (AvgIpc) is 2.46. The third kappa shape index (κ3) is 2.84. The SMILES string of the molecule is COC(=O)Cn1nc(OC2CNC2)c2cc(Br)ccc2c1=O. The van der Waals surface area contributed by atoms with Gasteiger partial charge in [-0.05, 0) is 18.2 Å². The topological polar surface area (TPSA) is 82.5 Å². The summed E-state index contributed by atoms with van der Waals surface area (Å²) < 4.78 is 12.3. The lowest BCUT2D eigenvalue weighted by Gasteiger charge is -2.27. The van der Waals surface area contributed by atoms with Crippen molar-refractivity contribution in [2.75, 3.05) is 20.2 Å².